The van der Waals surface area contributed by atoms with Gasteiger partial charge in [0.15, 0.2) is 0 Å². The molecule has 0 spiro atoms. The molecule has 0 aliphatic carbocycles. The van der Waals surface area contributed by atoms with E-state index in [0.717, 1.165) is 26.1 Å². The Morgan fingerprint density at radius 3 is 2.75 bits per heavy atom. The lowest BCUT2D eigenvalue weighted by atomic mass is 10.1. The number of aromatic nitrogens is 2. The minimum Gasteiger partial charge on any atom is -0.339 e. The number of carbonyl (C=O) groups is 1. The maximum atomic E-state index is 11.0. The molecule has 1 saturated heterocycles. The first-order valence-corrected chi connectivity index (χ1v) is 5.81. The predicted octanol–water partition coefficient (Wildman–Crippen LogP) is 1.30. The largest absolute Gasteiger partial charge is 0.339 e. The highest BCUT2D eigenvalue weighted by Gasteiger charge is 2.13. The highest BCUT2D eigenvalue weighted by Crippen LogP contribution is 2.09. The van der Waals surface area contributed by atoms with Gasteiger partial charge in [-0.05, 0) is 25.9 Å². The fraction of sp³-hybridized carbons (Fsp3) is 0.727. The van der Waals surface area contributed by atoms with E-state index in [0.29, 0.717) is 5.89 Å². The standard InChI is InChI=1S/C11H17N3O2/c1-9(15)11-12-10(16-13-11)5-8-14-6-3-2-4-7-14/h2-8H2,1H3. The molecule has 88 valence electrons. The van der Waals surface area contributed by atoms with Gasteiger partial charge in [-0.1, -0.05) is 11.6 Å². The number of likely N-dealkylation sites (tertiary alicyclic amines) is 1. The number of rotatable bonds is 4. The second-order valence-electron chi connectivity index (χ2n) is 4.22. The van der Waals surface area contributed by atoms with E-state index in [1.54, 1.807) is 0 Å². The smallest absolute Gasteiger partial charge is 0.238 e. The summed E-state index contributed by atoms with van der Waals surface area (Å²) in [6, 6.07) is 0. The van der Waals surface area contributed by atoms with E-state index < -0.39 is 0 Å². The van der Waals surface area contributed by atoms with Crippen molar-refractivity contribution >= 4 is 5.78 Å². The van der Waals surface area contributed by atoms with Crippen molar-refractivity contribution in [3.05, 3.63) is 11.7 Å². The fourth-order valence-corrected chi connectivity index (χ4v) is 1.94. The first-order valence-electron chi connectivity index (χ1n) is 5.81. The van der Waals surface area contributed by atoms with Gasteiger partial charge in [0.1, 0.15) is 0 Å². The number of piperidine rings is 1. The summed E-state index contributed by atoms with van der Waals surface area (Å²) >= 11 is 0. The van der Waals surface area contributed by atoms with Crippen LogP contribution in [-0.4, -0.2) is 40.5 Å². The molecule has 5 heteroatoms. The van der Waals surface area contributed by atoms with Gasteiger partial charge in [-0.2, -0.15) is 4.98 Å². The second kappa shape index (κ2) is 5.21. The molecule has 0 unspecified atom stereocenters. The Bertz CT molecular complexity index is 356. The van der Waals surface area contributed by atoms with Crippen molar-refractivity contribution in [3.8, 4) is 0 Å². The maximum absolute atomic E-state index is 11.0. The molecule has 0 aromatic carbocycles. The van der Waals surface area contributed by atoms with E-state index in [4.69, 9.17) is 4.52 Å². The summed E-state index contributed by atoms with van der Waals surface area (Å²) in [5.41, 5.74) is 0. The van der Waals surface area contributed by atoms with Crippen LogP contribution in [0.25, 0.3) is 0 Å². The Balaban J connectivity index is 1.81. The van der Waals surface area contributed by atoms with E-state index in [1.807, 2.05) is 0 Å². The van der Waals surface area contributed by atoms with Gasteiger partial charge in [-0.15, -0.1) is 0 Å². The third-order valence-corrected chi connectivity index (χ3v) is 2.87. The molecule has 0 N–H and O–H groups in total. The minimum atomic E-state index is -0.145. The molecule has 1 aromatic heterocycles. The number of ketones is 1. The van der Waals surface area contributed by atoms with E-state index in [-0.39, 0.29) is 11.6 Å². The molecule has 1 aliphatic rings. The van der Waals surface area contributed by atoms with Crippen LogP contribution in [0.1, 0.15) is 42.7 Å². The third kappa shape index (κ3) is 2.88. The van der Waals surface area contributed by atoms with Crippen LogP contribution in [0.5, 0.6) is 0 Å². The molecule has 1 aliphatic heterocycles. The lowest BCUT2D eigenvalue weighted by molar-refractivity contribution is 0.100. The van der Waals surface area contributed by atoms with Crippen LogP contribution in [0.2, 0.25) is 0 Å². The summed E-state index contributed by atoms with van der Waals surface area (Å²) < 4.78 is 5.01. The van der Waals surface area contributed by atoms with Crippen molar-refractivity contribution in [2.75, 3.05) is 19.6 Å². The molecular weight excluding hydrogens is 206 g/mol. The van der Waals surface area contributed by atoms with Gasteiger partial charge in [0, 0.05) is 19.9 Å². The Hall–Kier alpha value is -1.23. The zero-order chi connectivity index (χ0) is 11.4. The number of hydrogen-bond acceptors (Lipinski definition) is 5. The normalized spacial score (nSPS) is 17.6. The molecular formula is C11H17N3O2. The minimum absolute atomic E-state index is 0.145. The van der Waals surface area contributed by atoms with Crippen LogP contribution in [-0.2, 0) is 6.42 Å². The fourth-order valence-electron chi connectivity index (χ4n) is 1.94. The predicted molar refractivity (Wildman–Crippen MR) is 58.3 cm³/mol. The van der Waals surface area contributed by atoms with Gasteiger partial charge in [0.25, 0.3) is 0 Å². The molecule has 0 atom stereocenters. The Kier molecular flexibility index (Phi) is 3.66. The first kappa shape index (κ1) is 11.3. The Morgan fingerprint density at radius 2 is 2.12 bits per heavy atom. The monoisotopic (exact) mass is 223 g/mol. The van der Waals surface area contributed by atoms with Gasteiger partial charge >= 0.3 is 0 Å². The number of carbonyl (C=O) groups excluding carboxylic acids is 1. The van der Waals surface area contributed by atoms with Crippen LogP contribution in [0.4, 0.5) is 0 Å². The third-order valence-electron chi connectivity index (χ3n) is 2.87. The van der Waals surface area contributed by atoms with Crippen LogP contribution < -0.4 is 0 Å². The van der Waals surface area contributed by atoms with Crippen LogP contribution in [0.3, 0.4) is 0 Å². The summed E-state index contributed by atoms with van der Waals surface area (Å²) in [4.78, 5) is 17.4. The lowest BCUT2D eigenvalue weighted by Crippen LogP contribution is -2.31. The Labute approximate surface area is 94.8 Å². The number of nitrogens with zero attached hydrogens (tertiary/aromatic N) is 3. The van der Waals surface area contributed by atoms with Crippen molar-refractivity contribution in [1.82, 2.24) is 15.0 Å². The van der Waals surface area contributed by atoms with Crippen molar-refractivity contribution in [1.29, 1.82) is 0 Å². The summed E-state index contributed by atoms with van der Waals surface area (Å²) in [6.45, 7) is 4.71. The molecule has 0 bridgehead atoms. The average molecular weight is 223 g/mol. The average Bonchev–Trinajstić information content (AvgIpc) is 2.76. The molecule has 1 fully saturated rings. The van der Waals surface area contributed by atoms with Crippen molar-refractivity contribution in [3.63, 3.8) is 0 Å². The summed E-state index contributed by atoms with van der Waals surface area (Å²) in [7, 11) is 0. The van der Waals surface area contributed by atoms with Crippen molar-refractivity contribution < 1.29 is 9.32 Å². The number of hydrogen-bond donors (Lipinski definition) is 0. The van der Waals surface area contributed by atoms with Crippen LogP contribution in [0, 0.1) is 0 Å². The molecule has 0 amide bonds. The quantitative estimate of drug-likeness (QED) is 0.720. The van der Waals surface area contributed by atoms with Crippen LogP contribution in [0.15, 0.2) is 4.52 Å². The van der Waals surface area contributed by atoms with Gasteiger partial charge in [0.2, 0.25) is 17.5 Å². The molecule has 2 heterocycles. The molecule has 5 nitrogen and oxygen atoms in total. The van der Waals surface area contributed by atoms with Gasteiger partial charge in [0.05, 0.1) is 0 Å². The van der Waals surface area contributed by atoms with Crippen LogP contribution >= 0.6 is 0 Å². The van der Waals surface area contributed by atoms with Gasteiger partial charge in [-0.3, -0.25) is 4.79 Å². The molecule has 0 saturated carbocycles. The van der Waals surface area contributed by atoms with E-state index in [1.165, 1.54) is 26.2 Å². The summed E-state index contributed by atoms with van der Waals surface area (Å²) in [5, 5.41) is 3.63. The van der Waals surface area contributed by atoms with Gasteiger partial charge < -0.3 is 9.42 Å². The molecule has 0 radical (unpaired) electrons. The van der Waals surface area contributed by atoms with Gasteiger partial charge in [-0.25, -0.2) is 0 Å². The lowest BCUT2D eigenvalue weighted by Gasteiger charge is -2.25. The molecule has 2 rings (SSSR count). The topological polar surface area (TPSA) is 59.2 Å². The number of Topliss-reactive ketones (excluding diaryl/α,β-unsaturated/α-hetero) is 1. The first-order chi connectivity index (χ1) is 7.75. The summed E-state index contributed by atoms with van der Waals surface area (Å²) in [6.07, 6.45) is 4.64. The Morgan fingerprint density at radius 1 is 1.38 bits per heavy atom. The highest BCUT2D eigenvalue weighted by atomic mass is 16.5. The van der Waals surface area contributed by atoms with E-state index >= 15 is 0 Å². The second-order valence-corrected chi connectivity index (χ2v) is 4.22. The SMILES string of the molecule is CC(=O)c1noc(CCN2CCCCC2)n1. The maximum Gasteiger partial charge on any atom is 0.238 e. The highest BCUT2D eigenvalue weighted by molar-refractivity contribution is 5.89. The van der Waals surface area contributed by atoms with Crippen molar-refractivity contribution in [2.24, 2.45) is 0 Å². The molecule has 16 heavy (non-hydrogen) atoms. The van der Waals surface area contributed by atoms with E-state index in [9.17, 15) is 4.79 Å². The summed E-state index contributed by atoms with van der Waals surface area (Å²) in [5.74, 6) is 0.609. The van der Waals surface area contributed by atoms with Crippen molar-refractivity contribution in [2.45, 2.75) is 32.6 Å². The zero-order valence-corrected chi connectivity index (χ0v) is 9.61. The van der Waals surface area contributed by atoms with E-state index in [2.05, 4.69) is 15.0 Å². The molecule has 1 aromatic rings. The zero-order valence-electron chi connectivity index (χ0n) is 9.61.